The second kappa shape index (κ2) is 10.7. The van der Waals surface area contributed by atoms with Crippen molar-refractivity contribution in [3.63, 3.8) is 0 Å². The molecule has 1 heterocycles. The maximum Gasteiger partial charge on any atom is 0.268 e. The van der Waals surface area contributed by atoms with Crippen LogP contribution in [0.2, 0.25) is 0 Å². The van der Waals surface area contributed by atoms with E-state index in [2.05, 4.69) is 26.2 Å². The van der Waals surface area contributed by atoms with Crippen molar-refractivity contribution in [1.82, 2.24) is 4.98 Å². The molecule has 0 spiro atoms. The van der Waals surface area contributed by atoms with E-state index >= 15 is 0 Å². The van der Waals surface area contributed by atoms with Crippen molar-refractivity contribution in [3.8, 4) is 23.1 Å². The van der Waals surface area contributed by atoms with Gasteiger partial charge in [-0.05, 0) is 41.5 Å². The van der Waals surface area contributed by atoms with Crippen molar-refractivity contribution < 1.29 is 9.53 Å². The zero-order valence-electron chi connectivity index (χ0n) is 17.4. The number of amides is 1. The van der Waals surface area contributed by atoms with E-state index in [4.69, 9.17) is 4.74 Å². The largest absolute Gasteiger partial charge is 0.489 e. The summed E-state index contributed by atoms with van der Waals surface area (Å²) in [6.07, 6.45) is 1.54. The fourth-order valence-corrected chi connectivity index (χ4v) is 3.97. The lowest BCUT2D eigenvalue weighted by molar-refractivity contribution is -0.112. The summed E-state index contributed by atoms with van der Waals surface area (Å²) >= 11 is 4.73. The number of benzene rings is 3. The Morgan fingerprint density at radius 1 is 1.09 bits per heavy atom. The highest BCUT2D eigenvalue weighted by molar-refractivity contribution is 9.10. The summed E-state index contributed by atoms with van der Waals surface area (Å²) in [5.41, 5.74) is 3.45. The minimum atomic E-state index is -0.507. The fourth-order valence-electron chi connectivity index (χ4n) is 2.99. The lowest BCUT2D eigenvalue weighted by Crippen LogP contribution is -2.13. The highest BCUT2D eigenvalue weighted by Crippen LogP contribution is 2.25. The Kier molecular flexibility index (Phi) is 7.30. The molecule has 1 N–H and O–H groups in total. The Morgan fingerprint density at radius 3 is 2.64 bits per heavy atom. The normalized spacial score (nSPS) is 11.0. The molecular weight excluding hydrogens is 498 g/mol. The van der Waals surface area contributed by atoms with Gasteiger partial charge in [-0.3, -0.25) is 10.1 Å². The van der Waals surface area contributed by atoms with Gasteiger partial charge in [0.15, 0.2) is 5.13 Å². The van der Waals surface area contributed by atoms with Crippen molar-refractivity contribution in [2.75, 3.05) is 5.32 Å². The summed E-state index contributed by atoms with van der Waals surface area (Å²) in [5, 5.41) is 14.5. The van der Waals surface area contributed by atoms with E-state index in [1.54, 1.807) is 6.07 Å². The average molecular weight is 516 g/mol. The van der Waals surface area contributed by atoms with Crippen molar-refractivity contribution in [1.29, 1.82) is 5.26 Å². The van der Waals surface area contributed by atoms with Gasteiger partial charge in [-0.15, -0.1) is 11.3 Å². The third-order valence-corrected chi connectivity index (χ3v) is 5.93. The number of nitrogens with zero attached hydrogens (tertiary/aromatic N) is 2. The number of hydrogen-bond donors (Lipinski definition) is 1. The number of anilines is 1. The van der Waals surface area contributed by atoms with Gasteiger partial charge in [0, 0.05) is 15.4 Å². The first-order chi connectivity index (χ1) is 16.1. The first-order valence-electron chi connectivity index (χ1n) is 10.0. The van der Waals surface area contributed by atoms with Crippen LogP contribution in [-0.4, -0.2) is 10.9 Å². The topological polar surface area (TPSA) is 75.0 Å². The fraction of sp³-hybridized carbons (Fsp3) is 0.0385. The van der Waals surface area contributed by atoms with Gasteiger partial charge >= 0.3 is 0 Å². The zero-order valence-corrected chi connectivity index (χ0v) is 19.8. The number of aromatic nitrogens is 1. The number of halogens is 1. The molecule has 0 bridgehead atoms. The first-order valence-corrected chi connectivity index (χ1v) is 11.7. The maximum absolute atomic E-state index is 12.6. The van der Waals surface area contributed by atoms with Crippen LogP contribution in [0.1, 0.15) is 11.1 Å². The third kappa shape index (κ3) is 6.16. The number of carbonyl (C=O) groups is 1. The van der Waals surface area contributed by atoms with Crippen molar-refractivity contribution in [2.24, 2.45) is 0 Å². The summed E-state index contributed by atoms with van der Waals surface area (Å²) in [4.78, 5) is 17.1. The summed E-state index contributed by atoms with van der Waals surface area (Å²) in [7, 11) is 0. The Bertz CT molecular complexity index is 1330. The molecule has 0 radical (unpaired) electrons. The number of nitriles is 1. The SMILES string of the molecule is N#CC(=Cc1cccc(OCc2ccc(Br)cc2)c1)C(=O)Nc1nc(-c2ccccc2)cs1. The van der Waals surface area contributed by atoms with E-state index in [0.717, 1.165) is 21.3 Å². The van der Waals surface area contributed by atoms with Crippen LogP contribution in [-0.2, 0) is 11.4 Å². The molecule has 0 aliphatic heterocycles. The maximum atomic E-state index is 12.6. The summed E-state index contributed by atoms with van der Waals surface area (Å²) in [5.74, 6) is 0.143. The quantitative estimate of drug-likeness (QED) is 0.219. The molecule has 7 heteroatoms. The third-order valence-electron chi connectivity index (χ3n) is 4.65. The van der Waals surface area contributed by atoms with Gasteiger partial charge in [0.25, 0.3) is 5.91 Å². The number of rotatable bonds is 7. The molecule has 4 aromatic rings. The number of carbonyl (C=O) groups excluding carboxylic acids is 1. The van der Waals surface area contributed by atoms with Gasteiger partial charge < -0.3 is 4.74 Å². The molecule has 0 aliphatic rings. The number of ether oxygens (including phenoxy) is 1. The number of nitrogens with one attached hydrogen (secondary N) is 1. The van der Waals surface area contributed by atoms with Gasteiger partial charge in [-0.1, -0.05) is 70.5 Å². The van der Waals surface area contributed by atoms with Crippen LogP contribution in [0.3, 0.4) is 0 Å². The zero-order chi connectivity index (χ0) is 23.0. The summed E-state index contributed by atoms with van der Waals surface area (Å²) in [6, 6.07) is 26.8. The van der Waals surface area contributed by atoms with Crippen LogP contribution in [0.25, 0.3) is 17.3 Å². The van der Waals surface area contributed by atoms with Gasteiger partial charge in [0.05, 0.1) is 5.69 Å². The van der Waals surface area contributed by atoms with E-state index in [1.165, 1.54) is 17.4 Å². The molecule has 0 saturated heterocycles. The predicted molar refractivity (Wildman–Crippen MR) is 135 cm³/mol. The molecule has 0 atom stereocenters. The number of thiazole rings is 1. The molecule has 0 unspecified atom stereocenters. The van der Waals surface area contributed by atoms with Crippen molar-refractivity contribution in [3.05, 3.63) is 105 Å². The standard InChI is InChI=1S/C26H18BrN3O2S/c27-22-11-9-18(10-12-22)16-32-23-8-4-5-19(14-23)13-21(15-28)25(31)30-26-29-24(17-33-26)20-6-2-1-3-7-20/h1-14,17H,16H2,(H,29,30,31). The minimum Gasteiger partial charge on any atom is -0.489 e. The molecule has 1 amide bonds. The second-order valence-corrected chi connectivity index (χ2v) is 8.79. The lowest BCUT2D eigenvalue weighted by Gasteiger charge is -2.07. The Morgan fingerprint density at radius 2 is 1.88 bits per heavy atom. The molecule has 33 heavy (non-hydrogen) atoms. The monoisotopic (exact) mass is 515 g/mol. The summed E-state index contributed by atoms with van der Waals surface area (Å²) < 4.78 is 6.86. The van der Waals surface area contributed by atoms with Crippen LogP contribution >= 0.6 is 27.3 Å². The van der Waals surface area contributed by atoms with E-state index in [-0.39, 0.29) is 5.57 Å². The number of hydrogen-bond acceptors (Lipinski definition) is 5. The Labute approximate surface area is 204 Å². The molecule has 3 aromatic carbocycles. The molecule has 0 saturated carbocycles. The van der Waals surface area contributed by atoms with E-state index in [0.29, 0.717) is 23.1 Å². The van der Waals surface area contributed by atoms with Crippen LogP contribution in [0.4, 0.5) is 5.13 Å². The first kappa shape index (κ1) is 22.5. The second-order valence-electron chi connectivity index (χ2n) is 7.02. The van der Waals surface area contributed by atoms with Crippen molar-refractivity contribution in [2.45, 2.75) is 6.61 Å². The molecule has 162 valence electrons. The van der Waals surface area contributed by atoms with E-state index < -0.39 is 5.91 Å². The van der Waals surface area contributed by atoms with Crippen molar-refractivity contribution >= 4 is 44.4 Å². The molecule has 0 fully saturated rings. The molecule has 4 rings (SSSR count). The lowest BCUT2D eigenvalue weighted by atomic mass is 10.1. The van der Waals surface area contributed by atoms with Gasteiger partial charge in [-0.25, -0.2) is 4.98 Å². The summed E-state index contributed by atoms with van der Waals surface area (Å²) in [6.45, 7) is 0.417. The van der Waals surface area contributed by atoms with Gasteiger partial charge in [-0.2, -0.15) is 5.26 Å². The van der Waals surface area contributed by atoms with E-state index in [9.17, 15) is 10.1 Å². The van der Waals surface area contributed by atoms with Gasteiger partial charge in [0.2, 0.25) is 0 Å². The van der Waals surface area contributed by atoms with E-state index in [1.807, 2.05) is 84.2 Å². The highest BCUT2D eigenvalue weighted by atomic mass is 79.9. The Hall–Kier alpha value is -3.73. The smallest absolute Gasteiger partial charge is 0.268 e. The Balaban J connectivity index is 1.43. The van der Waals surface area contributed by atoms with Crippen LogP contribution in [0, 0.1) is 11.3 Å². The van der Waals surface area contributed by atoms with Crippen LogP contribution in [0.5, 0.6) is 5.75 Å². The highest BCUT2D eigenvalue weighted by Gasteiger charge is 2.13. The molecule has 1 aromatic heterocycles. The average Bonchev–Trinajstić information content (AvgIpc) is 3.31. The molecule has 0 aliphatic carbocycles. The molecular formula is C26H18BrN3O2S. The molecule has 5 nitrogen and oxygen atoms in total. The predicted octanol–water partition coefficient (Wildman–Crippen LogP) is 6.70. The van der Waals surface area contributed by atoms with Crippen LogP contribution in [0.15, 0.2) is 94.3 Å². The minimum absolute atomic E-state index is 0.0171. The van der Waals surface area contributed by atoms with Crippen LogP contribution < -0.4 is 10.1 Å². The van der Waals surface area contributed by atoms with Gasteiger partial charge in [0.1, 0.15) is 24.0 Å².